The third-order valence-electron chi connectivity index (χ3n) is 3.84. The highest BCUT2D eigenvalue weighted by molar-refractivity contribution is 6.04. The van der Waals surface area contributed by atoms with Crippen LogP contribution in [0, 0.1) is 0 Å². The Bertz CT molecular complexity index is 976. The number of pyridine rings is 1. The lowest BCUT2D eigenvalue weighted by Gasteiger charge is -2.15. The molecular formula is C19H15F3N4O3. The highest BCUT2D eigenvalue weighted by Gasteiger charge is 2.30. The molecule has 7 nitrogen and oxygen atoms in total. The average Bonchev–Trinajstić information content (AvgIpc) is 2.73. The van der Waals surface area contributed by atoms with E-state index in [1.54, 1.807) is 0 Å². The SMILES string of the molecule is COc1cnc(N(C)C(=O)c2ccc(Oc3ccc(C(F)(F)F)cn3)cc2)nc1. The maximum atomic E-state index is 12.6. The van der Waals surface area contributed by atoms with E-state index >= 15 is 0 Å². The summed E-state index contributed by atoms with van der Waals surface area (Å²) < 4.78 is 48.1. The van der Waals surface area contributed by atoms with Crippen LogP contribution < -0.4 is 14.4 Å². The summed E-state index contributed by atoms with van der Waals surface area (Å²) in [7, 11) is 3.01. The lowest BCUT2D eigenvalue weighted by molar-refractivity contribution is -0.137. The van der Waals surface area contributed by atoms with E-state index in [4.69, 9.17) is 9.47 Å². The molecule has 10 heteroatoms. The molecule has 0 aliphatic carbocycles. The molecule has 0 saturated carbocycles. The predicted octanol–water partition coefficient (Wildman–Crippen LogP) is 3.97. The van der Waals surface area contributed by atoms with E-state index in [1.807, 2.05) is 0 Å². The van der Waals surface area contributed by atoms with Gasteiger partial charge in [-0.15, -0.1) is 0 Å². The van der Waals surface area contributed by atoms with Crippen molar-refractivity contribution in [2.75, 3.05) is 19.1 Å². The minimum absolute atomic E-state index is 0.000766. The minimum atomic E-state index is -4.47. The van der Waals surface area contributed by atoms with Gasteiger partial charge < -0.3 is 9.47 Å². The van der Waals surface area contributed by atoms with Crippen LogP contribution in [0.2, 0.25) is 0 Å². The van der Waals surface area contributed by atoms with Crippen molar-refractivity contribution in [2.24, 2.45) is 0 Å². The van der Waals surface area contributed by atoms with Crippen LogP contribution in [0.25, 0.3) is 0 Å². The molecule has 150 valence electrons. The summed E-state index contributed by atoms with van der Waals surface area (Å²) in [6, 6.07) is 8.05. The van der Waals surface area contributed by atoms with Crippen molar-refractivity contribution in [2.45, 2.75) is 6.18 Å². The fourth-order valence-corrected chi connectivity index (χ4v) is 2.27. The van der Waals surface area contributed by atoms with Crippen LogP contribution >= 0.6 is 0 Å². The molecular weight excluding hydrogens is 389 g/mol. The van der Waals surface area contributed by atoms with E-state index in [1.165, 1.54) is 55.7 Å². The lowest BCUT2D eigenvalue weighted by atomic mass is 10.2. The molecule has 0 saturated heterocycles. The van der Waals surface area contributed by atoms with Gasteiger partial charge in [-0.05, 0) is 30.3 Å². The van der Waals surface area contributed by atoms with Gasteiger partial charge in [0.25, 0.3) is 5.91 Å². The summed E-state index contributed by atoms with van der Waals surface area (Å²) in [6.07, 6.45) is -0.884. The largest absolute Gasteiger partial charge is 0.494 e. The fraction of sp³-hybridized carbons (Fsp3) is 0.158. The van der Waals surface area contributed by atoms with Crippen LogP contribution in [-0.4, -0.2) is 35.0 Å². The molecule has 0 fully saturated rings. The summed E-state index contributed by atoms with van der Waals surface area (Å²) in [5.41, 5.74) is -0.519. The summed E-state index contributed by atoms with van der Waals surface area (Å²) in [5, 5.41) is 0. The van der Waals surface area contributed by atoms with Crippen LogP contribution in [-0.2, 0) is 6.18 Å². The minimum Gasteiger partial charge on any atom is -0.494 e. The Morgan fingerprint density at radius 2 is 1.59 bits per heavy atom. The first-order valence-corrected chi connectivity index (χ1v) is 8.23. The monoisotopic (exact) mass is 404 g/mol. The van der Waals surface area contributed by atoms with Crippen molar-refractivity contribution in [3.63, 3.8) is 0 Å². The van der Waals surface area contributed by atoms with Crippen LogP contribution in [0.3, 0.4) is 0 Å². The van der Waals surface area contributed by atoms with Gasteiger partial charge in [0.1, 0.15) is 5.75 Å². The third kappa shape index (κ3) is 4.78. The number of ether oxygens (including phenoxy) is 2. The number of methoxy groups -OCH3 is 1. The normalized spacial score (nSPS) is 11.1. The highest BCUT2D eigenvalue weighted by Crippen LogP contribution is 2.30. The average molecular weight is 404 g/mol. The summed E-state index contributed by atoms with van der Waals surface area (Å²) in [4.78, 5) is 25.6. The molecule has 0 unspecified atom stereocenters. The van der Waals surface area contributed by atoms with E-state index in [9.17, 15) is 18.0 Å². The number of carbonyl (C=O) groups excluding carboxylic acids is 1. The zero-order chi connectivity index (χ0) is 21.0. The van der Waals surface area contributed by atoms with Gasteiger partial charge in [-0.25, -0.2) is 15.0 Å². The van der Waals surface area contributed by atoms with Crippen LogP contribution in [0.4, 0.5) is 19.1 Å². The Morgan fingerprint density at radius 1 is 0.931 bits per heavy atom. The van der Waals surface area contributed by atoms with Crippen molar-refractivity contribution in [1.82, 2.24) is 15.0 Å². The number of halogens is 3. The third-order valence-corrected chi connectivity index (χ3v) is 3.84. The molecule has 0 aliphatic rings. The number of rotatable bonds is 5. The molecule has 1 aromatic carbocycles. The number of alkyl halides is 3. The molecule has 0 spiro atoms. The van der Waals surface area contributed by atoms with E-state index in [-0.39, 0.29) is 17.7 Å². The Hall–Kier alpha value is -3.69. The van der Waals surface area contributed by atoms with Crippen LogP contribution in [0.1, 0.15) is 15.9 Å². The molecule has 0 N–H and O–H groups in total. The molecule has 3 aromatic rings. The zero-order valence-electron chi connectivity index (χ0n) is 15.3. The highest BCUT2D eigenvalue weighted by atomic mass is 19.4. The fourth-order valence-electron chi connectivity index (χ4n) is 2.27. The topological polar surface area (TPSA) is 77.4 Å². The van der Waals surface area contributed by atoms with E-state index in [2.05, 4.69) is 15.0 Å². The van der Waals surface area contributed by atoms with Crippen LogP contribution in [0.15, 0.2) is 55.0 Å². The second-order valence-corrected chi connectivity index (χ2v) is 5.80. The van der Waals surface area contributed by atoms with Crippen molar-refractivity contribution >= 4 is 11.9 Å². The van der Waals surface area contributed by atoms with E-state index in [0.717, 1.165) is 12.1 Å². The summed E-state index contributed by atoms with van der Waals surface area (Å²) >= 11 is 0. The Morgan fingerprint density at radius 3 is 2.10 bits per heavy atom. The number of carbonyl (C=O) groups is 1. The molecule has 0 radical (unpaired) electrons. The summed E-state index contributed by atoms with van der Waals surface area (Å²) in [5.74, 6) is 0.630. The quantitative estimate of drug-likeness (QED) is 0.641. The smallest absolute Gasteiger partial charge is 0.417 e. The van der Waals surface area contributed by atoms with Gasteiger partial charge in [0, 0.05) is 24.9 Å². The van der Waals surface area contributed by atoms with Crippen LogP contribution in [0.5, 0.6) is 17.4 Å². The molecule has 1 amide bonds. The van der Waals surface area contributed by atoms with Crippen molar-refractivity contribution in [1.29, 1.82) is 0 Å². The maximum Gasteiger partial charge on any atom is 0.417 e. The van der Waals surface area contributed by atoms with Gasteiger partial charge in [-0.2, -0.15) is 13.2 Å². The molecule has 29 heavy (non-hydrogen) atoms. The van der Waals surface area contributed by atoms with Crippen molar-refractivity contribution in [3.8, 4) is 17.4 Å². The molecule has 0 aliphatic heterocycles. The lowest BCUT2D eigenvalue weighted by Crippen LogP contribution is -2.27. The number of benzene rings is 1. The Kier molecular flexibility index (Phi) is 5.62. The Balaban J connectivity index is 1.68. The number of nitrogens with zero attached hydrogens (tertiary/aromatic N) is 4. The Labute approximate surface area is 163 Å². The predicted molar refractivity (Wildman–Crippen MR) is 97.1 cm³/mol. The van der Waals surface area contributed by atoms with E-state index in [0.29, 0.717) is 23.3 Å². The van der Waals surface area contributed by atoms with Crippen molar-refractivity contribution < 1.29 is 27.4 Å². The van der Waals surface area contributed by atoms with Gasteiger partial charge in [0.05, 0.1) is 25.1 Å². The molecule has 2 aromatic heterocycles. The van der Waals surface area contributed by atoms with E-state index < -0.39 is 11.7 Å². The second-order valence-electron chi connectivity index (χ2n) is 5.80. The first-order chi connectivity index (χ1) is 13.8. The number of aromatic nitrogens is 3. The number of anilines is 1. The molecule has 2 heterocycles. The van der Waals surface area contributed by atoms with Crippen molar-refractivity contribution in [3.05, 3.63) is 66.1 Å². The second kappa shape index (κ2) is 8.13. The zero-order valence-corrected chi connectivity index (χ0v) is 15.3. The van der Waals surface area contributed by atoms with Gasteiger partial charge in [0.2, 0.25) is 11.8 Å². The molecule has 0 atom stereocenters. The first kappa shape index (κ1) is 20.1. The van der Waals surface area contributed by atoms with Gasteiger partial charge in [-0.1, -0.05) is 0 Å². The standard InChI is InChI=1S/C19H15F3N4O3/c1-26(18-24-10-15(28-2)11-25-18)17(27)12-3-6-14(7-4-12)29-16-8-5-13(9-23-16)19(20,21)22/h3-11H,1-2H3. The first-order valence-electron chi connectivity index (χ1n) is 8.23. The number of hydrogen-bond donors (Lipinski definition) is 0. The number of hydrogen-bond acceptors (Lipinski definition) is 6. The molecule has 3 rings (SSSR count). The van der Waals surface area contributed by atoms with Gasteiger partial charge >= 0.3 is 6.18 Å². The maximum absolute atomic E-state index is 12.6. The number of amides is 1. The summed E-state index contributed by atoms with van der Waals surface area (Å²) in [6.45, 7) is 0. The van der Waals surface area contributed by atoms with Gasteiger partial charge in [-0.3, -0.25) is 9.69 Å². The van der Waals surface area contributed by atoms with Gasteiger partial charge in [0.15, 0.2) is 5.75 Å². The molecule has 0 bridgehead atoms.